The summed E-state index contributed by atoms with van der Waals surface area (Å²) in [4.78, 5) is 14.6. The molecule has 1 fully saturated rings. The number of piperazine rings is 1. The molecule has 0 saturated carbocycles. The molecular weight excluding hydrogens is 559 g/mol. The van der Waals surface area contributed by atoms with Gasteiger partial charge in [0.2, 0.25) is 0 Å². The Morgan fingerprint density at radius 2 is 1.51 bits per heavy atom. The molecule has 0 amide bonds. The van der Waals surface area contributed by atoms with Gasteiger partial charge in [0.25, 0.3) is 0 Å². The third kappa shape index (κ3) is 6.86. The first-order valence-electron chi connectivity index (χ1n) is 13.8. The highest BCUT2D eigenvalue weighted by Gasteiger charge is 2.33. The van der Waals surface area contributed by atoms with Gasteiger partial charge >= 0.3 is 0 Å². The Kier molecular flexibility index (Phi) is 10.7. The maximum Gasteiger partial charge on any atom is 0.180 e. The van der Waals surface area contributed by atoms with E-state index in [1.54, 1.807) is 6.33 Å². The zero-order valence-corrected chi connectivity index (χ0v) is 24.6. The normalized spacial score (nSPS) is 15.3. The molecule has 2 heterocycles. The van der Waals surface area contributed by atoms with Crippen LogP contribution in [0.3, 0.4) is 0 Å². The van der Waals surface area contributed by atoms with Gasteiger partial charge in [-0.05, 0) is 54.4 Å². The Morgan fingerprint density at radius 3 is 2.22 bits per heavy atom. The van der Waals surface area contributed by atoms with Gasteiger partial charge in [-0.25, -0.2) is 4.98 Å². The summed E-state index contributed by atoms with van der Waals surface area (Å²) in [5.74, 6) is 0.0900. The van der Waals surface area contributed by atoms with Gasteiger partial charge in [0, 0.05) is 38.0 Å². The zero-order valence-electron chi connectivity index (χ0n) is 23.0. The molecule has 0 radical (unpaired) electrons. The van der Waals surface area contributed by atoms with Crippen LogP contribution in [0.2, 0.25) is 0 Å². The molecular formula is C30H36Cl2N8O. The molecule has 4 aliphatic rings. The van der Waals surface area contributed by atoms with Crippen LogP contribution < -0.4 is 5.01 Å². The van der Waals surface area contributed by atoms with Crippen LogP contribution in [-0.4, -0.2) is 58.3 Å². The third-order valence-corrected chi connectivity index (χ3v) is 7.75. The first-order valence-corrected chi connectivity index (χ1v) is 13.8. The average molecular weight is 596 g/mol. The summed E-state index contributed by atoms with van der Waals surface area (Å²) >= 11 is 0. The second-order valence-electron chi connectivity index (χ2n) is 10.2. The molecule has 9 nitrogen and oxygen atoms in total. The summed E-state index contributed by atoms with van der Waals surface area (Å²) in [6.45, 7) is 5.15. The van der Waals surface area contributed by atoms with Crippen molar-refractivity contribution in [3.63, 3.8) is 0 Å². The Hall–Kier alpha value is -3.53. The summed E-state index contributed by atoms with van der Waals surface area (Å²) in [6, 6.07) is 20.5. The molecule has 216 valence electrons. The fraction of sp³-hybridized carbons (Fsp3) is 0.367. The van der Waals surface area contributed by atoms with Gasteiger partial charge in [0.05, 0.1) is 5.56 Å². The number of rotatable bonds is 8. The lowest BCUT2D eigenvalue weighted by atomic mass is 9.93. The predicted octanol–water partition coefficient (Wildman–Crippen LogP) is 5.51. The summed E-state index contributed by atoms with van der Waals surface area (Å²) in [5, 5.41) is 23.8. The van der Waals surface area contributed by atoms with Gasteiger partial charge in [-0.3, -0.25) is 15.3 Å². The van der Waals surface area contributed by atoms with E-state index in [0.29, 0.717) is 6.61 Å². The SMILES string of the molecule is Cl.Cl.N=C(N=NOCc1ccccc1)c1c2ncnn(N3CCN(CCc4ccccc4)CC3)c-2c2c1CCCC2. The Morgan fingerprint density at radius 1 is 0.854 bits per heavy atom. The summed E-state index contributed by atoms with van der Waals surface area (Å²) < 4.78 is 0. The van der Waals surface area contributed by atoms with Gasteiger partial charge in [0.15, 0.2) is 5.84 Å². The van der Waals surface area contributed by atoms with Crippen molar-refractivity contribution >= 4 is 30.6 Å². The molecule has 0 spiro atoms. The molecule has 2 aromatic rings. The summed E-state index contributed by atoms with van der Waals surface area (Å²) in [5.41, 5.74) is 7.38. The Balaban J connectivity index is 0.00000194. The molecule has 0 aromatic heterocycles. The van der Waals surface area contributed by atoms with Crippen molar-refractivity contribution in [2.24, 2.45) is 10.4 Å². The van der Waals surface area contributed by atoms with Crippen LogP contribution in [0, 0.1) is 5.41 Å². The van der Waals surface area contributed by atoms with Crippen LogP contribution in [0.5, 0.6) is 0 Å². The van der Waals surface area contributed by atoms with E-state index in [1.807, 2.05) is 35.1 Å². The van der Waals surface area contributed by atoms with Crippen LogP contribution in [0.25, 0.3) is 11.4 Å². The van der Waals surface area contributed by atoms with Crippen molar-refractivity contribution in [3.8, 4) is 11.4 Å². The van der Waals surface area contributed by atoms with E-state index in [4.69, 9.17) is 15.3 Å². The number of nitrogens with zero attached hydrogens (tertiary/aromatic N) is 7. The Labute approximate surface area is 253 Å². The number of halogens is 2. The van der Waals surface area contributed by atoms with E-state index in [1.165, 1.54) is 16.7 Å². The van der Waals surface area contributed by atoms with E-state index in [2.05, 4.69) is 55.6 Å². The minimum atomic E-state index is 0. The molecule has 6 rings (SSSR count). The topological polar surface area (TPSA) is 95.0 Å². The number of amidine groups is 1. The lowest BCUT2D eigenvalue weighted by molar-refractivity contribution is 0.113. The van der Waals surface area contributed by atoms with Crippen molar-refractivity contribution in [2.75, 3.05) is 37.7 Å². The molecule has 2 aliphatic heterocycles. The second-order valence-corrected chi connectivity index (χ2v) is 10.2. The summed E-state index contributed by atoms with van der Waals surface area (Å²) in [7, 11) is 0. The minimum absolute atomic E-state index is 0. The molecule has 41 heavy (non-hydrogen) atoms. The maximum atomic E-state index is 8.78. The third-order valence-electron chi connectivity index (χ3n) is 7.75. The van der Waals surface area contributed by atoms with E-state index >= 15 is 0 Å². The van der Waals surface area contributed by atoms with Gasteiger partial charge in [0.1, 0.15) is 24.3 Å². The highest BCUT2D eigenvalue weighted by Crippen LogP contribution is 2.39. The molecule has 1 N–H and O–H groups in total. The zero-order chi connectivity index (χ0) is 26.4. The van der Waals surface area contributed by atoms with Crippen molar-refractivity contribution < 1.29 is 4.84 Å². The number of nitrogens with one attached hydrogen (secondary N) is 1. The fourth-order valence-corrected chi connectivity index (χ4v) is 5.73. The highest BCUT2D eigenvalue weighted by atomic mass is 35.5. The van der Waals surface area contributed by atoms with Crippen LogP contribution in [0.4, 0.5) is 0 Å². The van der Waals surface area contributed by atoms with E-state index in [9.17, 15) is 0 Å². The molecule has 0 unspecified atom stereocenters. The monoisotopic (exact) mass is 594 g/mol. The van der Waals surface area contributed by atoms with Crippen LogP contribution in [0.15, 0.2) is 77.4 Å². The number of fused-ring (bicyclic) bond motifs is 3. The lowest BCUT2D eigenvalue weighted by Gasteiger charge is -2.37. The van der Waals surface area contributed by atoms with E-state index < -0.39 is 0 Å². The maximum absolute atomic E-state index is 8.78. The highest BCUT2D eigenvalue weighted by molar-refractivity contribution is 6.05. The van der Waals surface area contributed by atoms with Crippen LogP contribution in [-0.2, 0) is 30.7 Å². The van der Waals surface area contributed by atoms with Crippen molar-refractivity contribution in [2.45, 2.75) is 38.7 Å². The smallest absolute Gasteiger partial charge is 0.180 e. The first-order chi connectivity index (χ1) is 19.3. The van der Waals surface area contributed by atoms with Crippen molar-refractivity contribution in [1.82, 2.24) is 19.8 Å². The summed E-state index contributed by atoms with van der Waals surface area (Å²) in [6.07, 6.45) is 6.77. The van der Waals surface area contributed by atoms with Crippen LogP contribution >= 0.6 is 24.8 Å². The van der Waals surface area contributed by atoms with Crippen molar-refractivity contribution in [3.05, 3.63) is 94.8 Å². The molecule has 11 heteroatoms. The number of hydrogen-bond acceptors (Lipinski definition) is 7. The van der Waals surface area contributed by atoms with Gasteiger partial charge in [-0.15, -0.1) is 29.9 Å². The van der Waals surface area contributed by atoms with E-state index in [0.717, 1.165) is 87.3 Å². The predicted molar refractivity (Wildman–Crippen MR) is 165 cm³/mol. The van der Waals surface area contributed by atoms with Gasteiger partial charge in [-0.1, -0.05) is 65.8 Å². The fourth-order valence-electron chi connectivity index (χ4n) is 5.73. The minimum Gasteiger partial charge on any atom is -0.374 e. The van der Waals surface area contributed by atoms with E-state index in [-0.39, 0.29) is 30.6 Å². The van der Waals surface area contributed by atoms with Crippen molar-refractivity contribution in [1.29, 1.82) is 5.41 Å². The molecule has 1 saturated heterocycles. The quantitative estimate of drug-likeness (QED) is 0.126. The number of benzene rings is 2. The first kappa shape index (κ1) is 30.4. The number of hydrogen-bond donors (Lipinski definition) is 1. The van der Waals surface area contributed by atoms with Gasteiger partial charge < -0.3 is 4.84 Å². The molecule has 2 aliphatic carbocycles. The molecule has 2 aromatic carbocycles. The standard InChI is InChI=1S/C30H34N8O.2ClH/c31-30(34-35-39-21-24-11-5-2-6-12-24)27-25-13-7-8-14-26(25)29-28(27)32-22-33-38(29)37-19-17-36(18-20-37)16-15-23-9-3-1-4-10-23;;/h1-6,9-12,22,31H,7-8,13-21H2;2*1H. The largest absolute Gasteiger partial charge is 0.374 e. The number of aromatic nitrogens is 3. The molecule has 0 atom stereocenters. The van der Waals surface area contributed by atoms with Crippen LogP contribution in [0.1, 0.15) is 40.7 Å². The Bertz CT molecular complexity index is 1400. The second kappa shape index (κ2) is 14.4. The molecule has 0 bridgehead atoms. The lowest BCUT2D eigenvalue weighted by Crippen LogP contribution is -2.52. The van der Waals surface area contributed by atoms with Gasteiger partial charge in [-0.2, -0.15) is 4.79 Å². The average Bonchev–Trinajstić information content (AvgIpc) is 3.34.